The monoisotopic (exact) mass is 268 g/mol. The van der Waals surface area contributed by atoms with Gasteiger partial charge in [0, 0.05) is 10.9 Å². The highest BCUT2D eigenvalue weighted by Crippen LogP contribution is 2.21. The molecule has 0 N–H and O–H groups in total. The van der Waals surface area contributed by atoms with Crippen LogP contribution in [0.15, 0.2) is 28.7 Å². The second kappa shape index (κ2) is 4.79. The normalized spacial score (nSPS) is 21.1. The van der Waals surface area contributed by atoms with Gasteiger partial charge in [-0.3, -0.25) is 4.79 Å². The highest BCUT2D eigenvalue weighted by molar-refractivity contribution is 9.10. The summed E-state index contributed by atoms with van der Waals surface area (Å²) in [6, 6.07) is 8.29. The Morgan fingerprint density at radius 3 is 3.00 bits per heavy atom. The summed E-state index contributed by atoms with van der Waals surface area (Å²) in [6.07, 6.45) is 2.51. The second-order valence-electron chi connectivity index (χ2n) is 3.92. The fourth-order valence-corrected chi connectivity index (χ4v) is 2.29. The predicted molar refractivity (Wildman–Crippen MR) is 61.5 cm³/mol. The van der Waals surface area contributed by atoms with Gasteiger partial charge in [0.1, 0.15) is 0 Å². The van der Waals surface area contributed by atoms with Crippen molar-refractivity contribution < 1.29 is 9.53 Å². The lowest BCUT2D eigenvalue weighted by molar-refractivity contribution is -0.149. The van der Waals surface area contributed by atoms with Crippen LogP contribution < -0.4 is 0 Å². The fourth-order valence-electron chi connectivity index (χ4n) is 1.85. The summed E-state index contributed by atoms with van der Waals surface area (Å²) in [7, 11) is 0. The lowest BCUT2D eigenvalue weighted by Gasteiger charge is -2.21. The minimum absolute atomic E-state index is 0.0551. The summed E-state index contributed by atoms with van der Waals surface area (Å²) in [5.41, 5.74) is 1.30. The quantitative estimate of drug-likeness (QED) is 0.771. The zero-order chi connectivity index (χ0) is 10.7. The standard InChI is InChI=1S/C12H13BrO2/c13-11-3-1-2-9(7-11)6-10-4-5-12(14)15-8-10/h1-3,7,10H,4-6,8H2. The second-order valence-corrected chi connectivity index (χ2v) is 4.84. The van der Waals surface area contributed by atoms with Crippen molar-refractivity contribution in [3.8, 4) is 0 Å². The summed E-state index contributed by atoms with van der Waals surface area (Å²) < 4.78 is 6.15. The third-order valence-electron chi connectivity index (χ3n) is 2.65. The summed E-state index contributed by atoms with van der Waals surface area (Å²) in [5, 5.41) is 0. The molecule has 0 bridgehead atoms. The van der Waals surface area contributed by atoms with Crippen LogP contribution in [0.4, 0.5) is 0 Å². The van der Waals surface area contributed by atoms with Crippen LogP contribution in [0.3, 0.4) is 0 Å². The largest absolute Gasteiger partial charge is 0.465 e. The van der Waals surface area contributed by atoms with Crippen LogP contribution >= 0.6 is 15.9 Å². The van der Waals surface area contributed by atoms with E-state index in [4.69, 9.17) is 4.74 Å². The maximum absolute atomic E-state index is 10.9. The van der Waals surface area contributed by atoms with Crippen molar-refractivity contribution in [1.29, 1.82) is 0 Å². The van der Waals surface area contributed by atoms with Crippen LogP contribution in [0.2, 0.25) is 0 Å². The predicted octanol–water partition coefficient (Wildman–Crippen LogP) is 2.94. The van der Waals surface area contributed by atoms with Crippen molar-refractivity contribution in [2.24, 2.45) is 5.92 Å². The molecule has 1 unspecified atom stereocenters. The first-order valence-electron chi connectivity index (χ1n) is 5.14. The molecule has 1 saturated heterocycles. The molecule has 1 aromatic carbocycles. The number of halogens is 1. The Morgan fingerprint density at radius 2 is 2.33 bits per heavy atom. The number of benzene rings is 1. The minimum Gasteiger partial charge on any atom is -0.465 e. The third-order valence-corrected chi connectivity index (χ3v) is 3.14. The van der Waals surface area contributed by atoms with Gasteiger partial charge in [-0.1, -0.05) is 28.1 Å². The Kier molecular flexibility index (Phi) is 3.41. The lowest BCUT2D eigenvalue weighted by atomic mass is 9.94. The molecule has 1 heterocycles. The van der Waals surface area contributed by atoms with E-state index >= 15 is 0 Å². The van der Waals surface area contributed by atoms with E-state index in [1.54, 1.807) is 0 Å². The molecule has 2 nitrogen and oxygen atoms in total. The zero-order valence-corrected chi connectivity index (χ0v) is 10.00. The van der Waals surface area contributed by atoms with E-state index in [-0.39, 0.29) is 5.97 Å². The van der Waals surface area contributed by atoms with E-state index in [0.717, 1.165) is 17.3 Å². The molecule has 1 aliphatic heterocycles. The third kappa shape index (κ3) is 3.06. The molecule has 0 aliphatic carbocycles. The number of esters is 1. The first-order valence-corrected chi connectivity index (χ1v) is 5.93. The van der Waals surface area contributed by atoms with Gasteiger partial charge in [-0.15, -0.1) is 0 Å². The van der Waals surface area contributed by atoms with Crippen molar-refractivity contribution in [3.05, 3.63) is 34.3 Å². The number of hydrogen-bond donors (Lipinski definition) is 0. The average molecular weight is 269 g/mol. The highest BCUT2D eigenvalue weighted by atomic mass is 79.9. The number of rotatable bonds is 2. The molecule has 0 amide bonds. The Morgan fingerprint density at radius 1 is 1.47 bits per heavy atom. The number of ether oxygens (including phenoxy) is 1. The van der Waals surface area contributed by atoms with Gasteiger partial charge in [-0.2, -0.15) is 0 Å². The summed E-state index contributed by atoms with van der Waals surface area (Å²) >= 11 is 3.45. The lowest BCUT2D eigenvalue weighted by Crippen LogP contribution is -2.23. The van der Waals surface area contributed by atoms with Crippen LogP contribution in [-0.2, 0) is 16.0 Å². The van der Waals surface area contributed by atoms with Gasteiger partial charge < -0.3 is 4.74 Å². The number of carbonyl (C=O) groups is 1. The first kappa shape index (κ1) is 10.7. The smallest absolute Gasteiger partial charge is 0.305 e. The highest BCUT2D eigenvalue weighted by Gasteiger charge is 2.19. The van der Waals surface area contributed by atoms with Gasteiger partial charge in [0.05, 0.1) is 6.61 Å². The van der Waals surface area contributed by atoms with Gasteiger partial charge in [-0.05, 0) is 36.5 Å². The van der Waals surface area contributed by atoms with Crippen molar-refractivity contribution in [2.45, 2.75) is 19.3 Å². The minimum atomic E-state index is -0.0551. The van der Waals surface area contributed by atoms with Crippen molar-refractivity contribution >= 4 is 21.9 Å². The van der Waals surface area contributed by atoms with Gasteiger partial charge in [0.15, 0.2) is 0 Å². The molecule has 0 aromatic heterocycles. The maximum atomic E-state index is 10.9. The molecule has 0 saturated carbocycles. The molecule has 1 aromatic rings. The summed E-state index contributed by atoms with van der Waals surface area (Å²) in [5.74, 6) is 0.428. The van der Waals surface area contributed by atoms with E-state index in [1.807, 2.05) is 12.1 Å². The van der Waals surface area contributed by atoms with Gasteiger partial charge in [-0.25, -0.2) is 0 Å². The first-order chi connectivity index (χ1) is 7.24. The van der Waals surface area contributed by atoms with Crippen molar-refractivity contribution in [1.82, 2.24) is 0 Å². The van der Waals surface area contributed by atoms with Crippen LogP contribution in [0, 0.1) is 5.92 Å². The molecule has 0 spiro atoms. The van der Waals surface area contributed by atoms with E-state index < -0.39 is 0 Å². The summed E-state index contributed by atoms with van der Waals surface area (Å²) in [4.78, 5) is 10.9. The Balaban J connectivity index is 1.94. The van der Waals surface area contributed by atoms with E-state index in [2.05, 4.69) is 28.1 Å². The van der Waals surface area contributed by atoms with Crippen LogP contribution in [0.25, 0.3) is 0 Å². The topological polar surface area (TPSA) is 26.3 Å². The Bertz CT molecular complexity index is 352. The molecule has 1 aliphatic rings. The molecule has 1 atom stereocenters. The van der Waals surface area contributed by atoms with Gasteiger partial charge in [0.2, 0.25) is 0 Å². The molecular weight excluding hydrogens is 256 g/mol. The zero-order valence-electron chi connectivity index (χ0n) is 8.41. The summed E-state index contributed by atoms with van der Waals surface area (Å²) in [6.45, 7) is 0.575. The molecule has 80 valence electrons. The van der Waals surface area contributed by atoms with Crippen molar-refractivity contribution in [3.63, 3.8) is 0 Å². The number of cyclic esters (lactones) is 1. The van der Waals surface area contributed by atoms with Crippen LogP contribution in [0.1, 0.15) is 18.4 Å². The van der Waals surface area contributed by atoms with Gasteiger partial charge in [0.25, 0.3) is 0 Å². The molecule has 15 heavy (non-hydrogen) atoms. The number of carbonyl (C=O) groups excluding carboxylic acids is 1. The van der Waals surface area contributed by atoms with E-state index in [9.17, 15) is 4.79 Å². The molecule has 2 rings (SSSR count). The molecular formula is C12H13BrO2. The van der Waals surface area contributed by atoms with E-state index in [1.165, 1.54) is 5.56 Å². The Hall–Kier alpha value is -0.830. The van der Waals surface area contributed by atoms with Crippen LogP contribution in [0.5, 0.6) is 0 Å². The van der Waals surface area contributed by atoms with Gasteiger partial charge >= 0.3 is 5.97 Å². The average Bonchev–Trinajstić information content (AvgIpc) is 2.22. The fraction of sp³-hybridized carbons (Fsp3) is 0.417. The molecule has 1 fully saturated rings. The maximum Gasteiger partial charge on any atom is 0.305 e. The van der Waals surface area contributed by atoms with Crippen LogP contribution in [-0.4, -0.2) is 12.6 Å². The number of hydrogen-bond acceptors (Lipinski definition) is 2. The molecule has 0 radical (unpaired) electrons. The van der Waals surface area contributed by atoms with Crippen molar-refractivity contribution in [2.75, 3.05) is 6.61 Å². The molecule has 3 heteroatoms. The SMILES string of the molecule is O=C1CCC(Cc2cccc(Br)c2)CO1. The van der Waals surface area contributed by atoms with E-state index in [0.29, 0.717) is 18.9 Å². The Labute approximate surface area is 97.8 Å².